The van der Waals surface area contributed by atoms with E-state index in [1.807, 2.05) is 48.5 Å². The van der Waals surface area contributed by atoms with Gasteiger partial charge in [-0.3, -0.25) is 9.59 Å². The molecule has 0 radical (unpaired) electrons. The zero-order chi connectivity index (χ0) is 25.7. The highest BCUT2D eigenvalue weighted by molar-refractivity contribution is 5.76. The lowest BCUT2D eigenvalue weighted by molar-refractivity contribution is -0.146. The summed E-state index contributed by atoms with van der Waals surface area (Å²) in [5.74, 6) is -2.05. The molecular formula is C27H26FN3O5. The number of methoxy groups -OCH3 is 1. The fourth-order valence-electron chi connectivity index (χ4n) is 4.10. The van der Waals surface area contributed by atoms with Crippen LogP contribution < -0.4 is 10.3 Å². The first-order valence-electron chi connectivity index (χ1n) is 11.5. The Morgan fingerprint density at radius 1 is 1.03 bits per heavy atom. The summed E-state index contributed by atoms with van der Waals surface area (Å²) in [5.41, 5.74) is 2.74. The first-order chi connectivity index (χ1) is 17.4. The van der Waals surface area contributed by atoms with Crippen molar-refractivity contribution in [1.29, 1.82) is 0 Å². The van der Waals surface area contributed by atoms with E-state index in [1.165, 1.54) is 12.1 Å². The van der Waals surface area contributed by atoms with Crippen LogP contribution in [0.25, 0.3) is 22.0 Å². The van der Waals surface area contributed by atoms with E-state index in [2.05, 4.69) is 10.3 Å². The van der Waals surface area contributed by atoms with Crippen molar-refractivity contribution < 1.29 is 24.1 Å². The molecule has 4 aromatic rings. The van der Waals surface area contributed by atoms with E-state index in [1.54, 1.807) is 7.11 Å². The number of nitrogens with zero attached hydrogens (tertiary/aromatic N) is 3. The number of aromatic nitrogens is 3. The molecule has 1 heterocycles. The summed E-state index contributed by atoms with van der Waals surface area (Å²) in [5, 5.41) is 28.0. The van der Waals surface area contributed by atoms with Crippen LogP contribution >= 0.6 is 0 Å². The molecule has 4 rings (SSSR count). The molecule has 0 unspecified atom stereocenters. The Kier molecular flexibility index (Phi) is 7.70. The fraction of sp³-hybridized carbons (Fsp3) is 0.259. The first-order valence-corrected chi connectivity index (χ1v) is 11.5. The highest BCUT2D eigenvalue weighted by Gasteiger charge is 2.26. The lowest BCUT2D eigenvalue weighted by atomic mass is 9.93. The number of aryl methyl sites for hydroxylation is 2. The topological polar surface area (TPSA) is 115 Å². The second-order valence-electron chi connectivity index (χ2n) is 8.54. The molecule has 3 aromatic carbocycles. The molecule has 2 atom stereocenters. The standard InChI is InChI=1S/C27H26FN3O5/c1-36-21-10-7-19(8-11-21)18-5-2-17(3-6-18)4-13-25(32)22(27(34)35)14-15-31-26(33)23-16-20(28)9-12-24(23)29-30-31/h2-3,5-12,16,22,25,32H,4,13-15H2,1H3,(H,34,35)/t22-,25+/m0/s1. The minimum absolute atomic E-state index is 0.0255. The Bertz CT molecular complexity index is 1400. The van der Waals surface area contributed by atoms with Gasteiger partial charge in [-0.05, 0) is 66.3 Å². The Hall–Kier alpha value is -4.11. The van der Waals surface area contributed by atoms with Gasteiger partial charge in [0.2, 0.25) is 0 Å². The van der Waals surface area contributed by atoms with Crippen LogP contribution in [0.15, 0.2) is 71.5 Å². The molecule has 0 amide bonds. The average Bonchev–Trinajstić information content (AvgIpc) is 2.89. The van der Waals surface area contributed by atoms with Gasteiger partial charge in [0.05, 0.1) is 24.5 Å². The number of benzene rings is 3. The minimum atomic E-state index is -1.16. The number of hydrogen-bond donors (Lipinski definition) is 2. The maximum Gasteiger partial charge on any atom is 0.309 e. The number of carbonyl (C=O) groups is 1. The molecule has 0 aliphatic heterocycles. The van der Waals surface area contributed by atoms with Crippen LogP contribution in [0, 0.1) is 11.7 Å². The lowest BCUT2D eigenvalue weighted by Gasteiger charge is -2.19. The molecular weight excluding hydrogens is 465 g/mol. The summed E-state index contributed by atoms with van der Waals surface area (Å²) in [4.78, 5) is 24.4. The number of fused-ring (bicyclic) bond motifs is 1. The van der Waals surface area contributed by atoms with Gasteiger partial charge in [0.25, 0.3) is 5.56 Å². The number of carboxylic acids is 1. The molecule has 8 nitrogen and oxygen atoms in total. The van der Waals surface area contributed by atoms with Crippen molar-refractivity contribution >= 4 is 16.9 Å². The predicted molar refractivity (Wildman–Crippen MR) is 132 cm³/mol. The molecule has 0 aliphatic rings. The second kappa shape index (κ2) is 11.1. The van der Waals surface area contributed by atoms with Crippen LogP contribution in [-0.2, 0) is 17.8 Å². The molecule has 0 bridgehead atoms. The number of carboxylic acid groups (broad SMARTS) is 1. The molecule has 2 N–H and O–H groups in total. The highest BCUT2D eigenvalue weighted by atomic mass is 19.1. The monoisotopic (exact) mass is 491 g/mol. The van der Waals surface area contributed by atoms with Gasteiger partial charge in [-0.25, -0.2) is 9.07 Å². The van der Waals surface area contributed by atoms with Gasteiger partial charge in [-0.15, -0.1) is 5.10 Å². The molecule has 0 spiro atoms. The fourth-order valence-corrected chi connectivity index (χ4v) is 4.10. The third-order valence-electron chi connectivity index (χ3n) is 6.22. The van der Waals surface area contributed by atoms with Crippen molar-refractivity contribution in [2.45, 2.75) is 31.9 Å². The van der Waals surface area contributed by atoms with Crippen LogP contribution in [0.4, 0.5) is 4.39 Å². The van der Waals surface area contributed by atoms with Crippen molar-refractivity contribution in [3.05, 3.63) is 88.5 Å². The molecule has 1 aromatic heterocycles. The number of aliphatic carboxylic acids is 1. The number of aliphatic hydroxyl groups is 1. The van der Waals surface area contributed by atoms with Crippen molar-refractivity contribution in [3.63, 3.8) is 0 Å². The maximum atomic E-state index is 13.5. The third kappa shape index (κ3) is 5.75. The summed E-state index contributed by atoms with van der Waals surface area (Å²) < 4.78 is 19.7. The summed E-state index contributed by atoms with van der Waals surface area (Å²) in [7, 11) is 1.62. The SMILES string of the molecule is COc1ccc(-c2ccc(CC[C@@H](O)[C@H](CCn3nnc4ccc(F)cc4c3=O)C(=O)O)cc2)cc1. The van der Waals surface area contributed by atoms with Gasteiger partial charge in [0.1, 0.15) is 17.1 Å². The summed E-state index contributed by atoms with van der Waals surface area (Å²) in [6.45, 7) is -0.0666. The van der Waals surface area contributed by atoms with E-state index in [-0.39, 0.29) is 30.3 Å². The van der Waals surface area contributed by atoms with E-state index in [4.69, 9.17) is 4.74 Å². The Labute approximate surface area is 206 Å². The van der Waals surface area contributed by atoms with Gasteiger partial charge >= 0.3 is 5.97 Å². The molecule has 0 fully saturated rings. The van der Waals surface area contributed by atoms with Crippen LogP contribution in [0.2, 0.25) is 0 Å². The van der Waals surface area contributed by atoms with Crippen molar-refractivity contribution in [2.24, 2.45) is 5.92 Å². The van der Waals surface area contributed by atoms with Crippen LogP contribution in [0.3, 0.4) is 0 Å². The van der Waals surface area contributed by atoms with Gasteiger partial charge in [0.15, 0.2) is 0 Å². The largest absolute Gasteiger partial charge is 0.497 e. The number of aliphatic hydroxyl groups excluding tert-OH is 1. The van der Waals surface area contributed by atoms with Crippen LogP contribution in [0.1, 0.15) is 18.4 Å². The predicted octanol–water partition coefficient (Wildman–Crippen LogP) is 3.69. The molecule has 0 aliphatic carbocycles. The van der Waals surface area contributed by atoms with Gasteiger partial charge in [0, 0.05) is 6.54 Å². The van der Waals surface area contributed by atoms with Crippen molar-refractivity contribution in [2.75, 3.05) is 7.11 Å². The van der Waals surface area contributed by atoms with Crippen LogP contribution in [0.5, 0.6) is 5.75 Å². The lowest BCUT2D eigenvalue weighted by Crippen LogP contribution is -2.32. The summed E-state index contributed by atoms with van der Waals surface area (Å²) >= 11 is 0. The van der Waals surface area contributed by atoms with Crippen LogP contribution in [-0.4, -0.2) is 44.4 Å². The quantitative estimate of drug-likeness (QED) is 0.348. The van der Waals surface area contributed by atoms with E-state index < -0.39 is 29.4 Å². The zero-order valence-corrected chi connectivity index (χ0v) is 19.7. The van der Waals surface area contributed by atoms with E-state index >= 15 is 0 Å². The number of halogens is 1. The van der Waals surface area contributed by atoms with E-state index in [0.29, 0.717) is 6.42 Å². The molecule has 36 heavy (non-hydrogen) atoms. The molecule has 0 saturated carbocycles. The normalized spacial score (nSPS) is 12.9. The maximum absolute atomic E-state index is 13.5. The van der Waals surface area contributed by atoms with Gasteiger partial charge < -0.3 is 14.9 Å². The number of rotatable bonds is 10. The van der Waals surface area contributed by atoms with Crippen molar-refractivity contribution in [1.82, 2.24) is 15.0 Å². The molecule has 9 heteroatoms. The zero-order valence-electron chi connectivity index (χ0n) is 19.7. The third-order valence-corrected chi connectivity index (χ3v) is 6.22. The summed E-state index contributed by atoms with van der Waals surface area (Å²) in [6.07, 6.45) is -0.418. The minimum Gasteiger partial charge on any atom is -0.497 e. The number of hydrogen-bond acceptors (Lipinski definition) is 6. The summed E-state index contributed by atoms with van der Waals surface area (Å²) in [6, 6.07) is 19.2. The highest BCUT2D eigenvalue weighted by Crippen LogP contribution is 2.24. The Morgan fingerprint density at radius 3 is 2.33 bits per heavy atom. The number of ether oxygens (including phenoxy) is 1. The average molecular weight is 492 g/mol. The Balaban J connectivity index is 1.37. The van der Waals surface area contributed by atoms with Gasteiger partial charge in [-0.1, -0.05) is 41.6 Å². The first kappa shape index (κ1) is 25.0. The van der Waals surface area contributed by atoms with E-state index in [9.17, 15) is 24.2 Å². The molecule has 0 saturated heterocycles. The second-order valence-corrected chi connectivity index (χ2v) is 8.54. The van der Waals surface area contributed by atoms with Crippen molar-refractivity contribution in [3.8, 4) is 16.9 Å². The van der Waals surface area contributed by atoms with E-state index in [0.717, 1.165) is 33.2 Å². The Morgan fingerprint density at radius 2 is 1.69 bits per heavy atom. The molecule has 186 valence electrons. The smallest absolute Gasteiger partial charge is 0.309 e. The van der Waals surface area contributed by atoms with Gasteiger partial charge in [-0.2, -0.15) is 0 Å².